The minimum absolute atomic E-state index is 0.00427. The summed E-state index contributed by atoms with van der Waals surface area (Å²) in [6.07, 6.45) is 1.41. The van der Waals surface area contributed by atoms with Gasteiger partial charge in [-0.05, 0) is 49.4 Å². The largest absolute Gasteiger partial charge is 0.350 e. The van der Waals surface area contributed by atoms with Crippen LogP contribution in [0.15, 0.2) is 18.2 Å². The number of benzene rings is 1. The molecule has 0 fully saturated rings. The van der Waals surface area contributed by atoms with Crippen LogP contribution in [0.2, 0.25) is 10.0 Å². The van der Waals surface area contributed by atoms with Gasteiger partial charge in [0.05, 0.1) is 6.04 Å². The van der Waals surface area contributed by atoms with Crippen LogP contribution in [-0.4, -0.2) is 12.5 Å². The van der Waals surface area contributed by atoms with Crippen LogP contribution in [0.5, 0.6) is 0 Å². The summed E-state index contributed by atoms with van der Waals surface area (Å²) < 4.78 is 0. The van der Waals surface area contributed by atoms with E-state index in [4.69, 9.17) is 28.9 Å². The van der Waals surface area contributed by atoms with Crippen molar-refractivity contribution >= 4 is 29.1 Å². The summed E-state index contributed by atoms with van der Waals surface area (Å²) in [5.74, 6) is 0.761. The SMILES string of the molecule is CC(C)C[C@H](CN)CC(=O)NC(C)c1ccc(Cl)cc1Cl. The fraction of sp³-hybridized carbons (Fsp3) is 0.562. The van der Waals surface area contributed by atoms with E-state index in [1.54, 1.807) is 12.1 Å². The molecule has 0 radical (unpaired) electrons. The number of amides is 1. The van der Waals surface area contributed by atoms with Crippen LogP contribution in [-0.2, 0) is 4.79 Å². The van der Waals surface area contributed by atoms with Gasteiger partial charge in [-0.25, -0.2) is 0 Å². The van der Waals surface area contributed by atoms with Gasteiger partial charge >= 0.3 is 0 Å². The van der Waals surface area contributed by atoms with Crippen molar-refractivity contribution in [1.82, 2.24) is 5.32 Å². The molecule has 1 amide bonds. The lowest BCUT2D eigenvalue weighted by Gasteiger charge is -2.20. The lowest BCUT2D eigenvalue weighted by atomic mass is 9.94. The molecule has 1 rings (SSSR count). The molecule has 3 nitrogen and oxygen atoms in total. The molecule has 1 aromatic rings. The lowest BCUT2D eigenvalue weighted by molar-refractivity contribution is -0.122. The third kappa shape index (κ3) is 6.25. The third-order valence-electron chi connectivity index (χ3n) is 3.42. The second-order valence-corrected chi connectivity index (χ2v) is 6.73. The Balaban J connectivity index is 2.61. The molecule has 0 spiro atoms. The maximum atomic E-state index is 12.1. The predicted octanol–water partition coefficient (Wildman–Crippen LogP) is 4.18. The highest BCUT2D eigenvalue weighted by atomic mass is 35.5. The Kier molecular flexibility index (Phi) is 7.50. The number of carbonyl (C=O) groups excluding carboxylic acids is 1. The molecule has 2 atom stereocenters. The van der Waals surface area contributed by atoms with E-state index < -0.39 is 0 Å². The predicted molar refractivity (Wildman–Crippen MR) is 89.6 cm³/mol. The zero-order chi connectivity index (χ0) is 16.0. The Labute approximate surface area is 137 Å². The van der Waals surface area contributed by atoms with Gasteiger partial charge in [0.2, 0.25) is 5.91 Å². The van der Waals surface area contributed by atoms with E-state index in [-0.39, 0.29) is 17.9 Å². The quantitative estimate of drug-likeness (QED) is 0.787. The van der Waals surface area contributed by atoms with Crippen molar-refractivity contribution in [2.24, 2.45) is 17.6 Å². The molecule has 0 heterocycles. The molecular formula is C16H24Cl2N2O. The number of nitrogens with one attached hydrogen (secondary N) is 1. The monoisotopic (exact) mass is 330 g/mol. The van der Waals surface area contributed by atoms with Crippen LogP contribution in [0, 0.1) is 11.8 Å². The topological polar surface area (TPSA) is 55.1 Å². The van der Waals surface area contributed by atoms with Crippen molar-refractivity contribution in [3.05, 3.63) is 33.8 Å². The van der Waals surface area contributed by atoms with Crippen LogP contribution >= 0.6 is 23.2 Å². The maximum Gasteiger partial charge on any atom is 0.220 e. The number of halogens is 2. The number of hydrogen-bond donors (Lipinski definition) is 2. The molecule has 3 N–H and O–H groups in total. The van der Waals surface area contributed by atoms with E-state index in [0.717, 1.165) is 12.0 Å². The van der Waals surface area contributed by atoms with Gasteiger partial charge in [-0.2, -0.15) is 0 Å². The van der Waals surface area contributed by atoms with Gasteiger partial charge in [0.15, 0.2) is 0 Å². The normalized spacial score (nSPS) is 14.0. The van der Waals surface area contributed by atoms with Gasteiger partial charge in [-0.3, -0.25) is 4.79 Å². The third-order valence-corrected chi connectivity index (χ3v) is 3.98. The van der Waals surface area contributed by atoms with Crippen molar-refractivity contribution < 1.29 is 4.79 Å². The van der Waals surface area contributed by atoms with E-state index in [1.807, 2.05) is 13.0 Å². The fourth-order valence-electron chi connectivity index (χ4n) is 2.42. The van der Waals surface area contributed by atoms with Crippen molar-refractivity contribution in [1.29, 1.82) is 0 Å². The summed E-state index contributed by atoms with van der Waals surface area (Å²) in [4.78, 5) is 12.1. The molecule has 0 saturated carbocycles. The maximum absolute atomic E-state index is 12.1. The molecule has 21 heavy (non-hydrogen) atoms. The minimum atomic E-state index is -0.153. The van der Waals surface area contributed by atoms with Crippen LogP contribution in [0.4, 0.5) is 0 Å². The Morgan fingerprint density at radius 2 is 1.95 bits per heavy atom. The molecule has 0 aliphatic rings. The fourth-order valence-corrected chi connectivity index (χ4v) is 2.99. The van der Waals surface area contributed by atoms with Gasteiger partial charge in [0.25, 0.3) is 0 Å². The molecule has 0 aliphatic heterocycles. The average molecular weight is 331 g/mol. The summed E-state index contributed by atoms with van der Waals surface area (Å²) >= 11 is 12.0. The summed E-state index contributed by atoms with van der Waals surface area (Å²) in [6.45, 7) is 6.71. The first-order valence-electron chi connectivity index (χ1n) is 7.27. The van der Waals surface area contributed by atoms with Gasteiger partial charge in [-0.1, -0.05) is 43.1 Å². The Bertz CT molecular complexity index is 477. The number of hydrogen-bond acceptors (Lipinski definition) is 2. The second kappa shape index (κ2) is 8.62. The molecule has 118 valence electrons. The first-order chi connectivity index (χ1) is 9.83. The highest BCUT2D eigenvalue weighted by Crippen LogP contribution is 2.26. The molecule has 0 aromatic heterocycles. The smallest absolute Gasteiger partial charge is 0.220 e. The van der Waals surface area contributed by atoms with Crippen molar-refractivity contribution in [3.8, 4) is 0 Å². The number of nitrogens with two attached hydrogens (primary N) is 1. The van der Waals surface area contributed by atoms with Crippen LogP contribution < -0.4 is 11.1 Å². The summed E-state index contributed by atoms with van der Waals surface area (Å²) in [7, 11) is 0. The van der Waals surface area contributed by atoms with Crippen LogP contribution in [0.25, 0.3) is 0 Å². The van der Waals surface area contributed by atoms with Crippen LogP contribution in [0.1, 0.15) is 45.2 Å². The van der Waals surface area contributed by atoms with Gasteiger partial charge < -0.3 is 11.1 Å². The van der Waals surface area contributed by atoms with E-state index in [1.165, 1.54) is 0 Å². The van der Waals surface area contributed by atoms with E-state index in [9.17, 15) is 4.79 Å². The minimum Gasteiger partial charge on any atom is -0.350 e. The summed E-state index contributed by atoms with van der Waals surface area (Å²) in [5.41, 5.74) is 6.60. The second-order valence-electron chi connectivity index (χ2n) is 5.89. The van der Waals surface area contributed by atoms with Crippen LogP contribution in [0.3, 0.4) is 0 Å². The zero-order valence-electron chi connectivity index (χ0n) is 12.8. The van der Waals surface area contributed by atoms with E-state index >= 15 is 0 Å². The van der Waals surface area contributed by atoms with Gasteiger partial charge in [-0.15, -0.1) is 0 Å². The average Bonchev–Trinajstić information content (AvgIpc) is 2.36. The Morgan fingerprint density at radius 3 is 2.48 bits per heavy atom. The number of rotatable bonds is 7. The summed E-state index contributed by atoms with van der Waals surface area (Å²) in [5, 5.41) is 4.12. The molecule has 1 unspecified atom stereocenters. The lowest BCUT2D eigenvalue weighted by Crippen LogP contribution is -2.31. The standard InChI is InChI=1S/C16H24Cl2N2O/c1-10(2)6-12(9-19)7-16(21)20-11(3)14-5-4-13(17)8-15(14)18/h4-5,8,10-12H,6-7,9,19H2,1-3H3,(H,20,21)/t11?,12-/m0/s1. The Hall–Kier alpha value is -0.770. The first-order valence-corrected chi connectivity index (χ1v) is 8.03. The van der Waals surface area contributed by atoms with Crippen molar-refractivity contribution in [2.45, 2.75) is 39.7 Å². The van der Waals surface area contributed by atoms with Crippen molar-refractivity contribution in [2.75, 3.05) is 6.54 Å². The van der Waals surface area contributed by atoms with Gasteiger partial charge in [0, 0.05) is 16.5 Å². The van der Waals surface area contributed by atoms with Crippen molar-refractivity contribution in [3.63, 3.8) is 0 Å². The van der Waals surface area contributed by atoms with E-state index in [0.29, 0.717) is 28.9 Å². The molecule has 0 saturated heterocycles. The number of carbonyl (C=O) groups is 1. The zero-order valence-corrected chi connectivity index (χ0v) is 14.3. The highest BCUT2D eigenvalue weighted by molar-refractivity contribution is 6.35. The summed E-state index contributed by atoms with van der Waals surface area (Å²) in [6, 6.07) is 5.14. The Morgan fingerprint density at radius 1 is 1.29 bits per heavy atom. The molecular weight excluding hydrogens is 307 g/mol. The molecule has 0 aliphatic carbocycles. The highest BCUT2D eigenvalue weighted by Gasteiger charge is 2.17. The first kappa shape index (κ1) is 18.3. The molecule has 0 bridgehead atoms. The molecule has 5 heteroatoms. The molecule has 1 aromatic carbocycles. The van der Waals surface area contributed by atoms with E-state index in [2.05, 4.69) is 19.2 Å². The van der Waals surface area contributed by atoms with Gasteiger partial charge in [0.1, 0.15) is 0 Å².